The molecule has 1 atom stereocenters. The summed E-state index contributed by atoms with van der Waals surface area (Å²) in [4.78, 5) is 21.4. The summed E-state index contributed by atoms with van der Waals surface area (Å²) in [6.07, 6.45) is 2.51. The van der Waals surface area contributed by atoms with Crippen LogP contribution in [0.5, 0.6) is 0 Å². The Kier molecular flexibility index (Phi) is 8.65. The van der Waals surface area contributed by atoms with Crippen molar-refractivity contribution in [3.8, 4) is 0 Å². The number of rotatable bonds is 9. The molecule has 0 amide bonds. The number of hydrogen-bond donors (Lipinski definition) is 2. The van der Waals surface area contributed by atoms with E-state index >= 15 is 0 Å². The highest BCUT2D eigenvalue weighted by Gasteiger charge is 2.10. The van der Waals surface area contributed by atoms with Crippen molar-refractivity contribution in [3.63, 3.8) is 0 Å². The molecule has 0 aromatic rings. The van der Waals surface area contributed by atoms with Crippen molar-refractivity contribution >= 4 is 23.7 Å². The first-order valence-corrected chi connectivity index (χ1v) is 6.06. The Morgan fingerprint density at radius 2 is 2.25 bits per heavy atom. The van der Waals surface area contributed by atoms with Gasteiger partial charge in [0.25, 0.3) is 0 Å². The van der Waals surface area contributed by atoms with Crippen LogP contribution in [-0.4, -0.2) is 41.2 Å². The minimum Gasteiger partial charge on any atom is -0.480 e. The van der Waals surface area contributed by atoms with Crippen LogP contribution in [0.3, 0.4) is 0 Å². The largest absolute Gasteiger partial charge is 0.480 e. The fourth-order valence-corrected chi connectivity index (χ4v) is 1.74. The summed E-state index contributed by atoms with van der Waals surface area (Å²) in [5.41, 5.74) is 5.30. The van der Waals surface area contributed by atoms with Crippen molar-refractivity contribution in [2.75, 3.05) is 18.1 Å². The molecule has 0 aliphatic rings. The van der Waals surface area contributed by atoms with E-state index in [1.807, 2.05) is 0 Å². The van der Waals surface area contributed by atoms with Crippen molar-refractivity contribution in [1.82, 2.24) is 0 Å². The highest BCUT2D eigenvalue weighted by Crippen LogP contribution is 2.06. The molecule has 0 fully saturated rings. The summed E-state index contributed by atoms with van der Waals surface area (Å²) in [5.74, 6) is -0.206. The molecule has 92 valence electrons. The summed E-state index contributed by atoms with van der Waals surface area (Å²) in [6.45, 7) is 3.66. The molecule has 0 aromatic carbocycles. The van der Waals surface area contributed by atoms with Crippen LogP contribution >= 0.6 is 11.8 Å². The van der Waals surface area contributed by atoms with Gasteiger partial charge in [-0.2, -0.15) is 11.8 Å². The van der Waals surface area contributed by atoms with Gasteiger partial charge in [0, 0.05) is 12.2 Å². The van der Waals surface area contributed by atoms with Crippen LogP contribution in [0.25, 0.3) is 0 Å². The number of carbonyl (C=O) groups excluding carboxylic acids is 1. The monoisotopic (exact) mass is 247 g/mol. The van der Waals surface area contributed by atoms with Gasteiger partial charge < -0.3 is 15.6 Å². The predicted octanol–water partition coefficient (Wildman–Crippen LogP) is 0.641. The third-order valence-corrected chi connectivity index (χ3v) is 2.82. The summed E-state index contributed by atoms with van der Waals surface area (Å²) in [7, 11) is 0. The van der Waals surface area contributed by atoms with Gasteiger partial charge in [0.15, 0.2) is 0 Å². The van der Waals surface area contributed by atoms with Crippen molar-refractivity contribution < 1.29 is 19.4 Å². The van der Waals surface area contributed by atoms with E-state index in [1.54, 1.807) is 0 Å². The van der Waals surface area contributed by atoms with Crippen molar-refractivity contribution in [2.24, 2.45) is 5.73 Å². The number of nitrogens with two attached hydrogens (primary N) is 1. The zero-order chi connectivity index (χ0) is 12.4. The zero-order valence-electron chi connectivity index (χ0n) is 9.05. The van der Waals surface area contributed by atoms with Crippen LogP contribution in [0, 0.1) is 0 Å². The summed E-state index contributed by atoms with van der Waals surface area (Å²) >= 11 is 1.42. The molecule has 16 heavy (non-hydrogen) atoms. The second-order valence-electron chi connectivity index (χ2n) is 3.09. The molecule has 0 radical (unpaired) electrons. The van der Waals surface area contributed by atoms with Crippen molar-refractivity contribution in [2.45, 2.75) is 18.9 Å². The smallest absolute Gasteiger partial charge is 0.321 e. The van der Waals surface area contributed by atoms with Gasteiger partial charge in [-0.3, -0.25) is 9.59 Å². The summed E-state index contributed by atoms with van der Waals surface area (Å²) < 4.78 is 4.77. The van der Waals surface area contributed by atoms with E-state index in [1.165, 1.54) is 17.8 Å². The molecule has 0 rings (SSSR count). The number of aliphatic carboxylic acids is 1. The average molecular weight is 247 g/mol. The Morgan fingerprint density at radius 1 is 1.56 bits per heavy atom. The first kappa shape index (κ1) is 15.0. The van der Waals surface area contributed by atoms with Crippen LogP contribution in [0.1, 0.15) is 12.8 Å². The number of carboxylic acid groups (broad SMARTS) is 1. The number of thioether (sulfide) groups is 1. The van der Waals surface area contributed by atoms with Crippen LogP contribution in [0.4, 0.5) is 0 Å². The lowest BCUT2D eigenvalue weighted by molar-refractivity contribution is -0.142. The van der Waals surface area contributed by atoms with E-state index in [0.29, 0.717) is 24.3 Å². The van der Waals surface area contributed by atoms with Gasteiger partial charge >= 0.3 is 11.9 Å². The maximum absolute atomic E-state index is 11.0. The second-order valence-corrected chi connectivity index (χ2v) is 4.24. The van der Waals surface area contributed by atoms with E-state index in [2.05, 4.69) is 6.58 Å². The Hall–Kier alpha value is -1.01. The fraction of sp³-hybridized carbons (Fsp3) is 0.600. The molecule has 0 aliphatic carbocycles. The standard InChI is InChI=1S/C10H17NO4S/c1-2-5-15-9(12)4-3-6-16-7-8(11)10(13)14/h2,8H,1,3-7,11H2,(H,13,14)/t8-/m0/s1. The molecule has 0 unspecified atom stereocenters. The normalized spacial score (nSPS) is 11.8. The minimum absolute atomic E-state index is 0.232. The van der Waals surface area contributed by atoms with E-state index in [4.69, 9.17) is 15.6 Å². The fourth-order valence-electron chi connectivity index (χ4n) is 0.824. The topological polar surface area (TPSA) is 89.6 Å². The highest BCUT2D eigenvalue weighted by molar-refractivity contribution is 7.99. The van der Waals surface area contributed by atoms with Gasteiger partial charge in [-0.15, -0.1) is 0 Å². The summed E-state index contributed by atoms with van der Waals surface area (Å²) in [6, 6.07) is -0.835. The van der Waals surface area contributed by atoms with Gasteiger partial charge in [0.05, 0.1) is 0 Å². The molecule has 0 saturated heterocycles. The summed E-state index contributed by atoms with van der Waals surface area (Å²) in [5, 5.41) is 8.50. The van der Waals surface area contributed by atoms with Gasteiger partial charge in [-0.25, -0.2) is 0 Å². The Balaban J connectivity index is 3.36. The van der Waals surface area contributed by atoms with Crippen molar-refractivity contribution in [1.29, 1.82) is 0 Å². The number of esters is 1. The molecule has 6 heteroatoms. The molecule has 0 bridgehead atoms. The van der Waals surface area contributed by atoms with E-state index < -0.39 is 12.0 Å². The highest BCUT2D eigenvalue weighted by atomic mass is 32.2. The van der Waals surface area contributed by atoms with E-state index in [9.17, 15) is 9.59 Å². The predicted molar refractivity (Wildman–Crippen MR) is 63.3 cm³/mol. The lowest BCUT2D eigenvalue weighted by Crippen LogP contribution is -2.32. The van der Waals surface area contributed by atoms with Gasteiger partial charge in [0.1, 0.15) is 12.6 Å². The van der Waals surface area contributed by atoms with E-state index in [0.717, 1.165) is 0 Å². The molecule has 0 aromatic heterocycles. The van der Waals surface area contributed by atoms with Crippen LogP contribution < -0.4 is 5.73 Å². The van der Waals surface area contributed by atoms with Gasteiger partial charge in [0.2, 0.25) is 0 Å². The first-order valence-electron chi connectivity index (χ1n) is 4.90. The van der Waals surface area contributed by atoms with E-state index in [-0.39, 0.29) is 12.6 Å². The van der Waals surface area contributed by atoms with Gasteiger partial charge in [-0.1, -0.05) is 12.7 Å². The molecule has 0 spiro atoms. The molecule has 3 N–H and O–H groups in total. The average Bonchev–Trinajstić information content (AvgIpc) is 2.25. The quantitative estimate of drug-likeness (QED) is 0.353. The Labute approximate surface area is 99.0 Å². The Bertz CT molecular complexity index is 245. The second kappa shape index (κ2) is 9.23. The zero-order valence-corrected chi connectivity index (χ0v) is 9.87. The lowest BCUT2D eigenvalue weighted by Gasteiger charge is -2.05. The maximum atomic E-state index is 11.0. The molecule has 0 saturated carbocycles. The SMILES string of the molecule is C=CCOC(=O)CCCSC[C@H](N)C(=O)O. The first-order chi connectivity index (χ1) is 7.57. The Morgan fingerprint density at radius 3 is 2.81 bits per heavy atom. The third-order valence-electron chi connectivity index (χ3n) is 1.65. The maximum Gasteiger partial charge on any atom is 0.321 e. The number of ether oxygens (including phenoxy) is 1. The number of hydrogen-bond acceptors (Lipinski definition) is 5. The minimum atomic E-state index is -1.00. The van der Waals surface area contributed by atoms with Gasteiger partial charge in [-0.05, 0) is 12.2 Å². The molecule has 0 aliphatic heterocycles. The van der Waals surface area contributed by atoms with Crippen LogP contribution in [0.2, 0.25) is 0 Å². The third kappa shape index (κ3) is 8.31. The number of carbonyl (C=O) groups is 2. The van der Waals surface area contributed by atoms with Crippen LogP contribution in [0.15, 0.2) is 12.7 Å². The number of carboxylic acids is 1. The molecule has 5 nitrogen and oxygen atoms in total. The molecule has 0 heterocycles. The lowest BCUT2D eigenvalue weighted by atomic mass is 10.3. The van der Waals surface area contributed by atoms with Crippen LogP contribution in [-0.2, 0) is 14.3 Å². The van der Waals surface area contributed by atoms with Crippen molar-refractivity contribution in [3.05, 3.63) is 12.7 Å². The molecular formula is C10H17NO4S. The molecular weight excluding hydrogens is 230 g/mol.